The van der Waals surface area contributed by atoms with E-state index in [9.17, 15) is 10.1 Å². The van der Waals surface area contributed by atoms with Gasteiger partial charge in [0.1, 0.15) is 11.6 Å². The van der Waals surface area contributed by atoms with Crippen LogP contribution in [0.2, 0.25) is 10.0 Å². The number of rotatable bonds is 3. The van der Waals surface area contributed by atoms with Crippen molar-refractivity contribution in [3.05, 3.63) is 69.2 Å². The number of carbonyl (C=O) groups is 1. The van der Waals surface area contributed by atoms with Gasteiger partial charge in [0.2, 0.25) is 0 Å². The predicted octanol–water partition coefficient (Wildman–Crippen LogP) is 4.85. The van der Waals surface area contributed by atoms with Gasteiger partial charge in [0, 0.05) is 5.02 Å². The molecule has 0 aromatic heterocycles. The first-order chi connectivity index (χ1) is 10.5. The Bertz CT molecular complexity index is 791. The summed E-state index contributed by atoms with van der Waals surface area (Å²) in [7, 11) is 0. The fourth-order valence-corrected chi connectivity index (χ4v) is 2.29. The third kappa shape index (κ3) is 3.88. The van der Waals surface area contributed by atoms with Crippen LogP contribution in [0, 0.1) is 18.3 Å². The van der Waals surface area contributed by atoms with Crippen LogP contribution in [-0.2, 0) is 4.79 Å². The highest BCUT2D eigenvalue weighted by molar-refractivity contribution is 6.36. The third-order valence-corrected chi connectivity index (χ3v) is 3.58. The normalized spacial score (nSPS) is 10.9. The summed E-state index contributed by atoms with van der Waals surface area (Å²) in [6, 6.07) is 14.1. The lowest BCUT2D eigenvalue weighted by molar-refractivity contribution is -0.112. The van der Waals surface area contributed by atoms with E-state index in [4.69, 9.17) is 23.2 Å². The Morgan fingerprint density at radius 2 is 1.95 bits per heavy atom. The van der Waals surface area contributed by atoms with Crippen molar-refractivity contribution in [2.45, 2.75) is 6.92 Å². The minimum absolute atomic E-state index is 0.000293. The van der Waals surface area contributed by atoms with Gasteiger partial charge in [-0.3, -0.25) is 4.79 Å². The van der Waals surface area contributed by atoms with Crippen LogP contribution in [0.5, 0.6) is 0 Å². The Hall–Kier alpha value is -2.28. The van der Waals surface area contributed by atoms with Gasteiger partial charge in [0.05, 0.1) is 10.7 Å². The number of nitrogens with one attached hydrogen (secondary N) is 1. The van der Waals surface area contributed by atoms with Gasteiger partial charge in [-0.25, -0.2) is 0 Å². The Morgan fingerprint density at radius 3 is 2.59 bits per heavy atom. The van der Waals surface area contributed by atoms with E-state index in [1.54, 1.807) is 18.2 Å². The van der Waals surface area contributed by atoms with E-state index in [-0.39, 0.29) is 5.57 Å². The van der Waals surface area contributed by atoms with E-state index in [0.29, 0.717) is 15.7 Å². The van der Waals surface area contributed by atoms with Gasteiger partial charge in [0.25, 0.3) is 5.91 Å². The second-order valence-corrected chi connectivity index (χ2v) is 5.45. The molecule has 2 aromatic rings. The van der Waals surface area contributed by atoms with E-state index in [1.165, 1.54) is 6.07 Å². The van der Waals surface area contributed by atoms with Crippen LogP contribution in [0.15, 0.2) is 48.0 Å². The van der Waals surface area contributed by atoms with Crippen LogP contribution in [0.4, 0.5) is 5.69 Å². The molecular weight excluding hydrogens is 319 g/mol. The zero-order valence-electron chi connectivity index (χ0n) is 11.7. The molecule has 0 heterocycles. The molecule has 3 nitrogen and oxygen atoms in total. The summed E-state index contributed by atoms with van der Waals surface area (Å²) in [5, 5.41) is 12.6. The molecule has 0 saturated carbocycles. The van der Waals surface area contributed by atoms with E-state index in [1.807, 2.05) is 37.3 Å². The number of anilines is 1. The molecule has 0 fully saturated rings. The fourth-order valence-electron chi connectivity index (χ4n) is 1.83. The van der Waals surface area contributed by atoms with Crippen LogP contribution in [-0.4, -0.2) is 5.91 Å². The highest BCUT2D eigenvalue weighted by Crippen LogP contribution is 2.26. The molecule has 2 rings (SSSR count). The molecule has 2 aromatic carbocycles. The molecule has 22 heavy (non-hydrogen) atoms. The maximum Gasteiger partial charge on any atom is 0.266 e. The molecular formula is C17H12Cl2N2O. The topological polar surface area (TPSA) is 52.9 Å². The summed E-state index contributed by atoms with van der Waals surface area (Å²) < 4.78 is 0. The van der Waals surface area contributed by atoms with Crippen molar-refractivity contribution in [3.63, 3.8) is 0 Å². The summed E-state index contributed by atoms with van der Waals surface area (Å²) >= 11 is 11.8. The number of aryl methyl sites for hydroxylation is 1. The second kappa shape index (κ2) is 7.13. The Morgan fingerprint density at radius 1 is 1.23 bits per heavy atom. The van der Waals surface area contributed by atoms with Gasteiger partial charge in [-0.15, -0.1) is 0 Å². The van der Waals surface area contributed by atoms with Gasteiger partial charge in [-0.05, 0) is 42.3 Å². The van der Waals surface area contributed by atoms with Gasteiger partial charge in [-0.2, -0.15) is 5.26 Å². The summed E-state index contributed by atoms with van der Waals surface area (Å²) in [4.78, 5) is 12.2. The Labute approximate surface area is 138 Å². The van der Waals surface area contributed by atoms with Crippen LogP contribution in [0.1, 0.15) is 11.1 Å². The molecule has 0 aliphatic heterocycles. The van der Waals surface area contributed by atoms with E-state index < -0.39 is 5.91 Å². The largest absolute Gasteiger partial charge is 0.320 e. The van der Waals surface area contributed by atoms with Gasteiger partial charge in [-0.1, -0.05) is 47.5 Å². The molecule has 0 saturated heterocycles. The first kappa shape index (κ1) is 16.1. The average molecular weight is 331 g/mol. The number of hydrogen-bond acceptors (Lipinski definition) is 2. The van der Waals surface area contributed by atoms with Gasteiger partial charge in [0.15, 0.2) is 0 Å². The third-order valence-electron chi connectivity index (χ3n) is 3.03. The summed E-state index contributed by atoms with van der Waals surface area (Å²) in [6.45, 7) is 1.91. The van der Waals surface area contributed by atoms with E-state index in [2.05, 4.69) is 5.32 Å². The molecule has 0 spiro atoms. The number of halogens is 2. The van der Waals surface area contributed by atoms with E-state index in [0.717, 1.165) is 11.1 Å². The fraction of sp³-hybridized carbons (Fsp3) is 0.0588. The molecule has 1 N–H and O–H groups in total. The number of nitriles is 1. The molecule has 0 atom stereocenters. The van der Waals surface area contributed by atoms with Gasteiger partial charge >= 0.3 is 0 Å². The van der Waals surface area contributed by atoms with Crippen molar-refractivity contribution < 1.29 is 4.79 Å². The first-order valence-corrected chi connectivity index (χ1v) is 7.20. The Kier molecular flexibility index (Phi) is 5.21. The van der Waals surface area contributed by atoms with Crippen LogP contribution in [0.25, 0.3) is 6.08 Å². The monoisotopic (exact) mass is 330 g/mol. The number of carbonyl (C=O) groups excluding carboxylic acids is 1. The van der Waals surface area contributed by atoms with Crippen LogP contribution < -0.4 is 5.32 Å². The molecule has 1 amide bonds. The molecule has 0 unspecified atom stereocenters. The molecule has 0 bridgehead atoms. The summed E-state index contributed by atoms with van der Waals surface area (Å²) in [5.41, 5.74) is 2.20. The lowest BCUT2D eigenvalue weighted by atomic mass is 10.1. The minimum atomic E-state index is -0.519. The highest BCUT2D eigenvalue weighted by Gasteiger charge is 2.12. The predicted molar refractivity (Wildman–Crippen MR) is 89.9 cm³/mol. The lowest BCUT2D eigenvalue weighted by Gasteiger charge is -2.07. The minimum Gasteiger partial charge on any atom is -0.320 e. The first-order valence-electron chi connectivity index (χ1n) is 6.45. The zero-order valence-corrected chi connectivity index (χ0v) is 13.2. The second-order valence-electron chi connectivity index (χ2n) is 4.60. The molecule has 0 aliphatic rings. The number of amides is 1. The molecule has 0 aliphatic carbocycles. The summed E-state index contributed by atoms with van der Waals surface area (Å²) in [6.07, 6.45) is 1.55. The van der Waals surface area contributed by atoms with E-state index >= 15 is 0 Å². The van der Waals surface area contributed by atoms with Crippen LogP contribution >= 0.6 is 23.2 Å². The maximum atomic E-state index is 12.2. The highest BCUT2D eigenvalue weighted by atomic mass is 35.5. The maximum absolute atomic E-state index is 12.2. The van der Waals surface area contributed by atoms with Crippen LogP contribution in [0.3, 0.4) is 0 Å². The average Bonchev–Trinajstić information content (AvgIpc) is 2.49. The summed E-state index contributed by atoms with van der Waals surface area (Å²) in [5.74, 6) is -0.519. The molecule has 5 heteroatoms. The van der Waals surface area contributed by atoms with Crippen molar-refractivity contribution >= 4 is 40.9 Å². The quantitative estimate of drug-likeness (QED) is 0.646. The van der Waals surface area contributed by atoms with Crippen molar-refractivity contribution in [2.24, 2.45) is 0 Å². The Balaban J connectivity index is 2.27. The zero-order chi connectivity index (χ0) is 16.1. The van der Waals surface area contributed by atoms with Crippen molar-refractivity contribution in [3.8, 4) is 6.07 Å². The number of nitrogens with zero attached hydrogens (tertiary/aromatic N) is 1. The van der Waals surface area contributed by atoms with Gasteiger partial charge < -0.3 is 5.32 Å². The smallest absolute Gasteiger partial charge is 0.266 e. The number of benzene rings is 2. The lowest BCUT2D eigenvalue weighted by Crippen LogP contribution is -2.13. The number of hydrogen-bond donors (Lipinski definition) is 1. The SMILES string of the molecule is Cc1ccccc1/C=C(\C#N)C(=O)Nc1ccc(Cl)cc1Cl. The van der Waals surface area contributed by atoms with Crippen molar-refractivity contribution in [1.82, 2.24) is 0 Å². The standard InChI is InChI=1S/C17H12Cl2N2O/c1-11-4-2-3-5-12(11)8-13(10-20)17(22)21-16-7-6-14(18)9-15(16)19/h2-9H,1H3,(H,21,22)/b13-8+. The molecule has 110 valence electrons. The van der Waals surface area contributed by atoms with Crippen molar-refractivity contribution in [2.75, 3.05) is 5.32 Å². The molecule has 0 radical (unpaired) electrons. The van der Waals surface area contributed by atoms with Crippen molar-refractivity contribution in [1.29, 1.82) is 5.26 Å².